The molecule has 0 unspecified atom stereocenters. The molecule has 0 saturated heterocycles. The van der Waals surface area contributed by atoms with Crippen molar-refractivity contribution >= 4 is 32.8 Å². The minimum atomic E-state index is -2.49. The van der Waals surface area contributed by atoms with Gasteiger partial charge in [0, 0.05) is 0 Å². The Kier molecular flexibility index (Phi) is 4.86. The van der Waals surface area contributed by atoms with E-state index in [1.165, 1.54) is 49.2 Å². The maximum atomic E-state index is 5.07. The maximum absolute atomic E-state index is 5.07. The van der Waals surface area contributed by atoms with E-state index in [4.69, 9.17) is 4.98 Å². The molecule has 0 radical (unpaired) electrons. The number of fused-ring (bicyclic) bond motifs is 4. The molecule has 0 fully saturated rings. The molecule has 1 aromatic heterocycles. The second-order valence-electron chi connectivity index (χ2n) is 9.91. The van der Waals surface area contributed by atoms with E-state index in [-0.39, 0.29) is 5.41 Å². The number of nitrogens with zero attached hydrogens (tertiary/aromatic N) is 1. The molecule has 1 aliphatic heterocycles. The third-order valence-electron chi connectivity index (χ3n) is 7.31. The van der Waals surface area contributed by atoms with Crippen LogP contribution in [-0.4, -0.2) is 18.3 Å². The van der Waals surface area contributed by atoms with Gasteiger partial charge in [0.25, 0.3) is 0 Å². The second-order valence-corrected chi connectivity index (χ2v) is 19.6. The summed E-state index contributed by atoms with van der Waals surface area (Å²) in [5.41, 5.74) is 6.89. The molecule has 0 aliphatic carbocycles. The van der Waals surface area contributed by atoms with Gasteiger partial charge in [0.2, 0.25) is 0 Å². The Bertz CT molecular complexity index is 1290. The molecule has 0 bridgehead atoms. The van der Waals surface area contributed by atoms with Crippen LogP contribution in [0.5, 0.6) is 0 Å². The van der Waals surface area contributed by atoms with Crippen LogP contribution in [0.25, 0.3) is 33.2 Å². The zero-order valence-corrected chi connectivity index (χ0v) is 21.4. The zero-order chi connectivity index (χ0) is 21.8. The van der Waals surface area contributed by atoms with Gasteiger partial charge in [0.05, 0.1) is 0 Å². The van der Waals surface area contributed by atoms with Crippen molar-refractivity contribution in [3.63, 3.8) is 0 Å². The fraction of sp³-hybridized carbons (Fsp3) is 0.276. The van der Waals surface area contributed by atoms with E-state index in [1.54, 1.807) is 8.79 Å². The normalized spacial score (nSPS) is 14.5. The van der Waals surface area contributed by atoms with Crippen molar-refractivity contribution in [1.29, 1.82) is 0 Å². The van der Waals surface area contributed by atoms with Crippen LogP contribution in [-0.2, 0) is 5.41 Å². The molecular formula is C29H31GeN. The van der Waals surface area contributed by atoms with Gasteiger partial charge in [-0.15, -0.1) is 0 Å². The summed E-state index contributed by atoms with van der Waals surface area (Å²) < 4.78 is 3.25. The average molecular weight is 466 g/mol. The van der Waals surface area contributed by atoms with Gasteiger partial charge in [-0.3, -0.25) is 0 Å². The van der Waals surface area contributed by atoms with Gasteiger partial charge in [0.1, 0.15) is 0 Å². The van der Waals surface area contributed by atoms with E-state index >= 15 is 0 Å². The quantitative estimate of drug-likeness (QED) is 0.304. The fourth-order valence-corrected chi connectivity index (χ4v) is 15.7. The van der Waals surface area contributed by atoms with E-state index in [0.29, 0.717) is 0 Å². The first-order valence-corrected chi connectivity index (χ1v) is 16.6. The average Bonchev–Trinajstić information content (AvgIpc) is 3.08. The van der Waals surface area contributed by atoms with E-state index in [9.17, 15) is 0 Å². The van der Waals surface area contributed by atoms with Crippen molar-refractivity contribution in [2.24, 2.45) is 0 Å². The van der Waals surface area contributed by atoms with Crippen LogP contribution in [0.4, 0.5) is 0 Å². The van der Waals surface area contributed by atoms with E-state index in [1.807, 2.05) is 6.20 Å². The van der Waals surface area contributed by atoms with Gasteiger partial charge in [-0.2, -0.15) is 0 Å². The predicted octanol–water partition coefficient (Wildman–Crippen LogP) is 6.78. The van der Waals surface area contributed by atoms with E-state index in [2.05, 4.69) is 101 Å². The molecule has 156 valence electrons. The molecule has 1 aliphatic rings. The van der Waals surface area contributed by atoms with Gasteiger partial charge >= 0.3 is 189 Å². The molecule has 0 spiro atoms. The molecule has 31 heavy (non-hydrogen) atoms. The topological polar surface area (TPSA) is 12.9 Å². The number of hydrogen-bond acceptors (Lipinski definition) is 1. The van der Waals surface area contributed by atoms with Crippen LogP contribution in [0.1, 0.15) is 40.2 Å². The van der Waals surface area contributed by atoms with Crippen molar-refractivity contribution in [2.45, 2.75) is 50.5 Å². The Hall–Kier alpha value is -2.39. The first kappa shape index (κ1) is 20.5. The summed E-state index contributed by atoms with van der Waals surface area (Å²) >= 11 is -2.49. The number of rotatable bonds is 3. The Morgan fingerprint density at radius 3 is 2.26 bits per heavy atom. The van der Waals surface area contributed by atoms with Gasteiger partial charge < -0.3 is 0 Å². The van der Waals surface area contributed by atoms with Crippen LogP contribution >= 0.6 is 0 Å². The third kappa shape index (κ3) is 3.01. The molecular weight excluding hydrogens is 435 g/mol. The van der Waals surface area contributed by atoms with Gasteiger partial charge in [0.15, 0.2) is 0 Å². The molecule has 0 saturated carbocycles. The molecule has 1 nitrogen and oxygen atoms in total. The molecule has 3 aromatic carbocycles. The summed E-state index contributed by atoms with van der Waals surface area (Å²) in [4.78, 5) is 5.07. The first-order valence-electron chi connectivity index (χ1n) is 11.5. The third-order valence-corrected chi connectivity index (χ3v) is 18.5. The molecule has 0 N–H and O–H groups in total. The van der Waals surface area contributed by atoms with Crippen molar-refractivity contribution in [1.82, 2.24) is 4.98 Å². The summed E-state index contributed by atoms with van der Waals surface area (Å²) in [6, 6.07) is 25.0. The van der Waals surface area contributed by atoms with Crippen molar-refractivity contribution < 1.29 is 0 Å². The Morgan fingerprint density at radius 1 is 0.806 bits per heavy atom. The number of hydrogen-bond donors (Lipinski definition) is 0. The van der Waals surface area contributed by atoms with Crippen LogP contribution in [0, 0.1) is 0 Å². The summed E-state index contributed by atoms with van der Waals surface area (Å²) in [7, 11) is 0. The first-order chi connectivity index (χ1) is 14.9. The van der Waals surface area contributed by atoms with Crippen LogP contribution in [0.3, 0.4) is 0 Å². The van der Waals surface area contributed by atoms with Crippen molar-refractivity contribution in [2.75, 3.05) is 0 Å². The summed E-state index contributed by atoms with van der Waals surface area (Å²) in [6.07, 6.45) is 2.03. The SMILES string of the molecule is C[CH2][Ge]1([CH2]C)[c]2ccccc2-c2ccnc(-c3cc(C(C)(C)C)c4ccccc4c3)[c]21. The molecule has 0 atom stereocenters. The predicted molar refractivity (Wildman–Crippen MR) is 137 cm³/mol. The van der Waals surface area contributed by atoms with Crippen LogP contribution in [0.2, 0.25) is 10.5 Å². The molecule has 4 aromatic rings. The second kappa shape index (κ2) is 7.34. The Labute approximate surface area is 188 Å². The molecule has 0 amide bonds. The summed E-state index contributed by atoms with van der Waals surface area (Å²) in [5.74, 6) is 0. The molecule has 2 heteroatoms. The standard InChI is InChI=1S/C29H31GeN/c1-6-30(7-2)26-15-11-10-14-23(26)24-16-17-31-28(27(24)30)21-18-20-12-8-9-13-22(20)25(19-21)29(3,4)5/h8-19H,6-7H2,1-5H3. The zero-order valence-electron chi connectivity index (χ0n) is 19.3. The number of pyridine rings is 1. The van der Waals surface area contributed by atoms with Gasteiger partial charge in [-0.25, -0.2) is 0 Å². The number of benzene rings is 3. The fourth-order valence-electron chi connectivity index (χ4n) is 5.71. The van der Waals surface area contributed by atoms with Crippen LogP contribution < -0.4 is 8.79 Å². The Morgan fingerprint density at radius 2 is 1.52 bits per heavy atom. The van der Waals surface area contributed by atoms with Crippen molar-refractivity contribution in [3.05, 3.63) is 78.5 Å². The molecule has 5 rings (SSSR count). The monoisotopic (exact) mass is 467 g/mol. The number of aromatic nitrogens is 1. The van der Waals surface area contributed by atoms with Crippen LogP contribution in [0.15, 0.2) is 72.9 Å². The summed E-state index contributed by atoms with van der Waals surface area (Å²) in [5, 5.41) is 5.19. The summed E-state index contributed by atoms with van der Waals surface area (Å²) in [6.45, 7) is 11.8. The minimum absolute atomic E-state index is 0.0740. The van der Waals surface area contributed by atoms with Gasteiger partial charge in [-0.05, 0) is 0 Å². The van der Waals surface area contributed by atoms with Gasteiger partial charge in [-0.1, -0.05) is 0 Å². The Balaban J connectivity index is 1.86. The van der Waals surface area contributed by atoms with Crippen molar-refractivity contribution in [3.8, 4) is 22.4 Å². The molecule has 2 heterocycles. The van der Waals surface area contributed by atoms with E-state index < -0.39 is 13.3 Å². The van der Waals surface area contributed by atoms with E-state index in [0.717, 1.165) is 0 Å².